The van der Waals surface area contributed by atoms with Gasteiger partial charge < -0.3 is 13.2 Å². The fourth-order valence-corrected chi connectivity index (χ4v) is 13.0. The van der Waals surface area contributed by atoms with Crippen molar-refractivity contribution in [2.24, 2.45) is 0 Å². The highest BCUT2D eigenvalue weighted by Crippen LogP contribution is 2.46. The van der Waals surface area contributed by atoms with Crippen molar-refractivity contribution in [3.8, 4) is 45.3 Å². The van der Waals surface area contributed by atoms with E-state index >= 15 is 0 Å². The molecule has 0 saturated heterocycles. The second-order valence-corrected chi connectivity index (χ2v) is 19.2. The number of fused-ring (bicyclic) bond motifs is 18. The predicted molar refractivity (Wildman–Crippen MR) is 286 cm³/mol. The Labute approximate surface area is 397 Å². The highest BCUT2D eigenvalue weighted by molar-refractivity contribution is 7.02. The molecule has 0 radical (unpaired) electrons. The van der Waals surface area contributed by atoms with Crippen molar-refractivity contribution in [1.29, 1.82) is 0 Å². The molecular weight excluding hydrogens is 858 g/mol. The van der Waals surface area contributed by atoms with E-state index in [9.17, 15) is 0 Å². The van der Waals surface area contributed by atoms with Crippen LogP contribution >= 0.6 is 0 Å². The predicted octanol–water partition coefficient (Wildman–Crippen LogP) is 13.5. The summed E-state index contributed by atoms with van der Waals surface area (Å²) in [5.74, 6) is 1.76. The van der Waals surface area contributed by atoms with Gasteiger partial charge >= 0.3 is 0 Å². The van der Waals surface area contributed by atoms with E-state index in [0.717, 1.165) is 128 Å². The van der Waals surface area contributed by atoms with Crippen LogP contribution in [-0.2, 0) is 0 Å². The average Bonchev–Trinajstić information content (AvgIpc) is 4.28. The van der Waals surface area contributed by atoms with Crippen molar-refractivity contribution >= 4 is 127 Å². The zero-order valence-electron chi connectivity index (χ0n) is 37.1. The molecule has 2 aliphatic rings. The van der Waals surface area contributed by atoms with E-state index in [0.29, 0.717) is 0 Å². The van der Waals surface area contributed by atoms with Gasteiger partial charge in [-0.25, -0.2) is 9.97 Å². The summed E-state index contributed by atoms with van der Waals surface area (Å²) < 4.78 is 21.6. The molecule has 16 aromatic rings. The third-order valence-electron chi connectivity index (χ3n) is 15.7. The van der Waals surface area contributed by atoms with E-state index in [-0.39, 0.29) is 6.71 Å². The van der Waals surface area contributed by atoms with Crippen molar-refractivity contribution in [2.45, 2.75) is 0 Å². The Bertz CT molecular complexity index is 4710. The van der Waals surface area contributed by atoms with Crippen LogP contribution in [0, 0.1) is 0 Å². The van der Waals surface area contributed by atoms with Gasteiger partial charge in [-0.3, -0.25) is 9.13 Å². The summed E-state index contributed by atoms with van der Waals surface area (Å²) >= 11 is 0. The van der Waals surface area contributed by atoms with Gasteiger partial charge in [0.25, 0.3) is 6.71 Å². The summed E-state index contributed by atoms with van der Waals surface area (Å²) in [7, 11) is 0. The Morgan fingerprint density at radius 1 is 0.343 bits per heavy atom. The van der Waals surface area contributed by atoms with E-state index in [1.54, 1.807) is 0 Å². The number of nitrogens with zero attached hydrogens (tertiary/aromatic N) is 5. The molecule has 8 heterocycles. The zero-order valence-corrected chi connectivity index (χ0v) is 37.1. The number of aromatic nitrogens is 5. The van der Waals surface area contributed by atoms with Crippen LogP contribution < -0.4 is 16.4 Å². The lowest BCUT2D eigenvalue weighted by Gasteiger charge is -2.34. The van der Waals surface area contributed by atoms with Gasteiger partial charge in [-0.15, -0.1) is 0 Å². The molecule has 0 fully saturated rings. The highest BCUT2D eigenvalue weighted by atomic mass is 16.3. The van der Waals surface area contributed by atoms with Gasteiger partial charge in [0, 0.05) is 65.6 Å². The van der Waals surface area contributed by atoms with Crippen molar-refractivity contribution in [2.75, 3.05) is 0 Å². The first kappa shape index (κ1) is 35.8. The molecule has 0 N–H and O–H groups in total. The maximum absolute atomic E-state index is 7.15. The number of rotatable bonds is 3. The largest absolute Gasteiger partial charge is 0.457 e. The number of benzene rings is 10. The van der Waals surface area contributed by atoms with Gasteiger partial charge in [-0.2, -0.15) is 0 Å². The van der Waals surface area contributed by atoms with Gasteiger partial charge in [-0.1, -0.05) is 133 Å². The molecule has 6 aromatic heterocycles. The first-order chi connectivity index (χ1) is 34.7. The Morgan fingerprint density at radius 2 is 0.771 bits per heavy atom. The molecule has 320 valence electrons. The Morgan fingerprint density at radius 3 is 1.27 bits per heavy atom. The molecule has 10 aromatic carbocycles. The van der Waals surface area contributed by atoms with Gasteiger partial charge in [0.05, 0.1) is 38.6 Å². The summed E-state index contributed by atoms with van der Waals surface area (Å²) in [6, 6.07) is 69.9. The molecule has 18 rings (SSSR count). The van der Waals surface area contributed by atoms with Crippen LogP contribution in [0.1, 0.15) is 0 Å². The Kier molecular flexibility index (Phi) is 6.32. The first-order valence-corrected chi connectivity index (χ1v) is 23.9. The highest BCUT2D eigenvalue weighted by Gasteiger charge is 2.46. The number of hydrogen-bond donors (Lipinski definition) is 0. The van der Waals surface area contributed by atoms with Gasteiger partial charge in [0.1, 0.15) is 34.0 Å². The van der Waals surface area contributed by atoms with Crippen LogP contribution in [0.2, 0.25) is 0 Å². The third kappa shape index (κ3) is 4.22. The lowest BCUT2D eigenvalue weighted by atomic mass is 9.33. The molecule has 0 amide bonds. The first-order valence-electron chi connectivity index (χ1n) is 23.9. The lowest BCUT2D eigenvalue weighted by Crippen LogP contribution is -2.60. The molecule has 0 unspecified atom stereocenters. The Hall–Kier alpha value is -9.40. The summed E-state index contributed by atoms with van der Waals surface area (Å²) in [6.45, 7) is -0.316. The van der Waals surface area contributed by atoms with E-state index in [4.69, 9.17) is 18.8 Å². The van der Waals surface area contributed by atoms with E-state index < -0.39 is 0 Å². The van der Waals surface area contributed by atoms with E-state index in [1.807, 2.05) is 0 Å². The minimum absolute atomic E-state index is 0.316. The molecule has 70 heavy (non-hydrogen) atoms. The summed E-state index contributed by atoms with van der Waals surface area (Å²) in [6.07, 6.45) is 0. The van der Waals surface area contributed by atoms with E-state index in [1.165, 1.54) is 38.1 Å². The van der Waals surface area contributed by atoms with Crippen LogP contribution in [0.15, 0.2) is 203 Å². The standard InChI is InChI=1S/C62H32BN5O2/c1-3-15-33(16-4-1)61-64-45-31-43-39-21-9-13-25-51(39)69-59(43)54-57(45)67(61)49-29-36(35-27-41-37-19-7-11-23-47(37)66-48-24-12-8-20-38(48)42(28-35)56(41)66)30-50-53(49)63(54)55-58-46(65-62(68(50)58)34-17-5-2-6-18-34)32-44-40-22-10-14-26-52(40)70-60(44)55/h1-32H. The smallest absolute Gasteiger partial charge is 0.262 e. The van der Waals surface area contributed by atoms with Crippen molar-refractivity contribution in [3.05, 3.63) is 194 Å². The molecular formula is C62H32BN5O2. The summed E-state index contributed by atoms with van der Waals surface area (Å²) in [5.41, 5.74) is 20.8. The van der Waals surface area contributed by atoms with Crippen LogP contribution in [-0.4, -0.2) is 30.2 Å². The van der Waals surface area contributed by atoms with Crippen LogP contribution in [0.3, 0.4) is 0 Å². The fourth-order valence-electron chi connectivity index (χ4n) is 13.0. The molecule has 0 spiro atoms. The normalized spacial score (nSPS) is 13.1. The van der Waals surface area contributed by atoms with Crippen LogP contribution in [0.4, 0.5) is 0 Å². The zero-order chi connectivity index (χ0) is 45.1. The molecule has 7 nitrogen and oxygen atoms in total. The van der Waals surface area contributed by atoms with Gasteiger partial charge in [0.2, 0.25) is 0 Å². The SMILES string of the molecule is c1ccc(-c2nc3cc4c(oc5ccccc54)c4c3n2-c2cc(-c3cc5c6ccccc6n6c7ccccc7c(c3)c56)cc3c2B4c2c4oc5ccccc5c4cc4nc(-c5ccccc5)n-3c24)cc1. The van der Waals surface area contributed by atoms with Gasteiger partial charge in [-0.05, 0) is 88.2 Å². The second kappa shape index (κ2) is 12.4. The minimum Gasteiger partial charge on any atom is -0.457 e. The maximum atomic E-state index is 7.15. The maximum Gasteiger partial charge on any atom is 0.262 e. The second-order valence-electron chi connectivity index (χ2n) is 19.2. The molecule has 0 bridgehead atoms. The van der Waals surface area contributed by atoms with Crippen molar-refractivity contribution < 1.29 is 8.83 Å². The number of imidazole rings is 2. The van der Waals surface area contributed by atoms with Crippen LogP contribution in [0.25, 0.3) is 149 Å². The summed E-state index contributed by atoms with van der Waals surface area (Å²) in [4.78, 5) is 11.3. The number of para-hydroxylation sites is 4. The van der Waals surface area contributed by atoms with Crippen LogP contribution in [0.5, 0.6) is 0 Å². The number of furan rings is 2. The average molecular weight is 890 g/mol. The van der Waals surface area contributed by atoms with Crippen molar-refractivity contribution in [3.63, 3.8) is 0 Å². The number of hydrogen-bond acceptors (Lipinski definition) is 4. The third-order valence-corrected chi connectivity index (χ3v) is 15.7. The molecule has 2 aliphatic heterocycles. The molecule has 8 heteroatoms. The molecule has 0 atom stereocenters. The topological polar surface area (TPSA) is 66.3 Å². The Balaban J connectivity index is 1.07. The molecule has 0 aliphatic carbocycles. The minimum atomic E-state index is -0.316. The van der Waals surface area contributed by atoms with Crippen molar-refractivity contribution in [1.82, 2.24) is 23.5 Å². The van der Waals surface area contributed by atoms with Gasteiger partial charge in [0.15, 0.2) is 0 Å². The fraction of sp³-hybridized carbons (Fsp3) is 0. The monoisotopic (exact) mass is 889 g/mol. The lowest BCUT2D eigenvalue weighted by molar-refractivity contribution is 0.671. The van der Waals surface area contributed by atoms with E-state index in [2.05, 4.69) is 208 Å². The molecule has 0 saturated carbocycles. The quantitative estimate of drug-likeness (QED) is 0.166. The summed E-state index contributed by atoms with van der Waals surface area (Å²) in [5, 5.41) is 9.20.